The predicted molar refractivity (Wildman–Crippen MR) is 163 cm³/mol. The van der Waals surface area contributed by atoms with Crippen LogP contribution in [0, 0.1) is 0 Å². The zero-order valence-electron chi connectivity index (χ0n) is 21.1. The summed E-state index contributed by atoms with van der Waals surface area (Å²) in [5, 5.41) is 7.79. The van der Waals surface area contributed by atoms with Crippen molar-refractivity contribution in [3.63, 3.8) is 0 Å². The van der Waals surface area contributed by atoms with Gasteiger partial charge in [0.2, 0.25) is 5.89 Å². The maximum atomic E-state index is 5.93. The lowest BCUT2D eigenvalue weighted by molar-refractivity contribution is 0.620. The summed E-state index contributed by atoms with van der Waals surface area (Å²) >= 11 is 0. The standard InChI is InChI=1S/C37H23NO/c1-2-9-31-29(7-1)30-8-3-4-10-32(30)34-23-28(21-22-33(31)34)26-15-13-24(14-16-26)25-17-19-27(20-18-25)37-38-35-11-5-6-12-36(35)39-37/h1-23H. The molecule has 0 aliphatic heterocycles. The quantitative estimate of drug-likeness (QED) is 0.227. The van der Waals surface area contributed by atoms with Crippen LogP contribution < -0.4 is 0 Å². The molecule has 39 heavy (non-hydrogen) atoms. The Morgan fingerprint density at radius 2 is 0.795 bits per heavy atom. The van der Waals surface area contributed by atoms with Gasteiger partial charge in [-0.2, -0.15) is 0 Å². The van der Waals surface area contributed by atoms with Crippen molar-refractivity contribution in [1.29, 1.82) is 0 Å². The molecule has 2 nitrogen and oxygen atoms in total. The van der Waals surface area contributed by atoms with Gasteiger partial charge < -0.3 is 4.42 Å². The fourth-order valence-corrected chi connectivity index (χ4v) is 5.74. The van der Waals surface area contributed by atoms with Crippen molar-refractivity contribution in [2.45, 2.75) is 0 Å². The fraction of sp³-hybridized carbons (Fsp3) is 0. The van der Waals surface area contributed by atoms with Gasteiger partial charge in [0.1, 0.15) is 5.52 Å². The van der Waals surface area contributed by atoms with Gasteiger partial charge in [0.25, 0.3) is 0 Å². The fourth-order valence-electron chi connectivity index (χ4n) is 5.74. The zero-order valence-corrected chi connectivity index (χ0v) is 21.1. The van der Waals surface area contributed by atoms with Crippen LogP contribution in [0.15, 0.2) is 144 Å². The highest BCUT2D eigenvalue weighted by Gasteiger charge is 2.11. The van der Waals surface area contributed by atoms with Crippen LogP contribution in [0.3, 0.4) is 0 Å². The lowest BCUT2D eigenvalue weighted by Crippen LogP contribution is -1.85. The van der Waals surface area contributed by atoms with Crippen molar-refractivity contribution < 1.29 is 4.42 Å². The van der Waals surface area contributed by atoms with E-state index in [1.165, 1.54) is 49.0 Å². The van der Waals surface area contributed by atoms with Crippen molar-refractivity contribution in [3.05, 3.63) is 140 Å². The Balaban J connectivity index is 1.15. The first kappa shape index (κ1) is 21.8. The SMILES string of the molecule is c1ccc2oc(-c3ccc(-c4ccc(-c5ccc6c7ccccc7c7ccccc7c6c5)cc4)cc3)nc2c1. The highest BCUT2D eigenvalue weighted by molar-refractivity contribution is 6.25. The summed E-state index contributed by atoms with van der Waals surface area (Å²) in [5.41, 5.74) is 7.44. The first-order valence-corrected chi connectivity index (χ1v) is 13.2. The van der Waals surface area contributed by atoms with E-state index in [9.17, 15) is 0 Å². The molecule has 0 radical (unpaired) electrons. The number of rotatable bonds is 3. The van der Waals surface area contributed by atoms with Crippen LogP contribution in [0.1, 0.15) is 0 Å². The summed E-state index contributed by atoms with van der Waals surface area (Å²) in [6.07, 6.45) is 0. The molecule has 0 aliphatic carbocycles. The van der Waals surface area contributed by atoms with Gasteiger partial charge >= 0.3 is 0 Å². The number of para-hydroxylation sites is 2. The van der Waals surface area contributed by atoms with E-state index in [1.807, 2.05) is 24.3 Å². The molecule has 1 heterocycles. The Morgan fingerprint density at radius 3 is 1.38 bits per heavy atom. The lowest BCUT2D eigenvalue weighted by atomic mass is 9.92. The van der Waals surface area contributed by atoms with Crippen LogP contribution in [0.5, 0.6) is 0 Å². The molecule has 0 spiro atoms. The molecule has 0 aliphatic rings. The van der Waals surface area contributed by atoms with Crippen molar-refractivity contribution in [1.82, 2.24) is 4.98 Å². The van der Waals surface area contributed by atoms with Crippen LogP contribution in [0.4, 0.5) is 0 Å². The molecule has 0 amide bonds. The van der Waals surface area contributed by atoms with Crippen molar-refractivity contribution in [2.75, 3.05) is 0 Å². The minimum Gasteiger partial charge on any atom is -0.436 e. The minimum absolute atomic E-state index is 0.648. The van der Waals surface area contributed by atoms with Crippen molar-refractivity contribution >= 4 is 43.4 Å². The van der Waals surface area contributed by atoms with E-state index in [4.69, 9.17) is 4.42 Å². The number of hydrogen-bond donors (Lipinski definition) is 0. The van der Waals surface area contributed by atoms with Gasteiger partial charge in [0.05, 0.1) is 0 Å². The van der Waals surface area contributed by atoms with E-state index in [0.717, 1.165) is 22.2 Å². The second kappa shape index (κ2) is 8.68. The number of fused-ring (bicyclic) bond motifs is 7. The van der Waals surface area contributed by atoms with Gasteiger partial charge in [-0.1, -0.05) is 109 Å². The molecule has 0 saturated carbocycles. The second-order valence-corrected chi connectivity index (χ2v) is 9.99. The summed E-state index contributed by atoms with van der Waals surface area (Å²) in [5.74, 6) is 0.648. The van der Waals surface area contributed by atoms with Gasteiger partial charge in [0.15, 0.2) is 5.58 Å². The van der Waals surface area contributed by atoms with E-state index in [0.29, 0.717) is 5.89 Å². The number of aromatic nitrogens is 1. The monoisotopic (exact) mass is 497 g/mol. The van der Waals surface area contributed by atoms with E-state index in [-0.39, 0.29) is 0 Å². The highest BCUT2D eigenvalue weighted by Crippen LogP contribution is 2.37. The Morgan fingerprint density at radius 1 is 0.359 bits per heavy atom. The Kier molecular flexibility index (Phi) is 4.86. The largest absolute Gasteiger partial charge is 0.436 e. The third kappa shape index (κ3) is 3.61. The van der Waals surface area contributed by atoms with Crippen LogP contribution >= 0.6 is 0 Å². The first-order valence-electron chi connectivity index (χ1n) is 13.2. The van der Waals surface area contributed by atoms with Crippen molar-refractivity contribution in [2.24, 2.45) is 0 Å². The van der Waals surface area contributed by atoms with Gasteiger partial charge in [-0.05, 0) is 84.9 Å². The maximum Gasteiger partial charge on any atom is 0.227 e. The molecule has 7 aromatic carbocycles. The summed E-state index contributed by atoms with van der Waals surface area (Å²) in [6, 6.07) is 49.4. The minimum atomic E-state index is 0.648. The Labute approximate surface area is 225 Å². The number of hydrogen-bond acceptors (Lipinski definition) is 2. The molecular weight excluding hydrogens is 474 g/mol. The first-order chi connectivity index (χ1) is 19.3. The summed E-state index contributed by atoms with van der Waals surface area (Å²) in [4.78, 5) is 4.62. The Bertz CT molecular complexity index is 2080. The van der Waals surface area contributed by atoms with Crippen LogP contribution in [-0.4, -0.2) is 4.98 Å². The summed E-state index contributed by atoms with van der Waals surface area (Å²) in [6.45, 7) is 0. The number of benzene rings is 7. The molecule has 0 atom stereocenters. The number of nitrogens with zero attached hydrogens (tertiary/aromatic N) is 1. The van der Waals surface area contributed by atoms with Crippen LogP contribution in [-0.2, 0) is 0 Å². The van der Waals surface area contributed by atoms with Crippen LogP contribution in [0.25, 0.3) is 77.1 Å². The molecule has 182 valence electrons. The van der Waals surface area contributed by atoms with Crippen LogP contribution in [0.2, 0.25) is 0 Å². The van der Waals surface area contributed by atoms with Gasteiger partial charge in [-0.25, -0.2) is 4.98 Å². The molecule has 0 fully saturated rings. The van der Waals surface area contributed by atoms with Gasteiger partial charge in [-0.3, -0.25) is 0 Å². The number of oxazole rings is 1. The third-order valence-corrected chi connectivity index (χ3v) is 7.72. The molecule has 0 saturated heterocycles. The van der Waals surface area contributed by atoms with Gasteiger partial charge in [0, 0.05) is 5.56 Å². The molecule has 2 heteroatoms. The van der Waals surface area contributed by atoms with E-state index in [2.05, 4.69) is 120 Å². The zero-order chi connectivity index (χ0) is 25.8. The van der Waals surface area contributed by atoms with E-state index in [1.54, 1.807) is 0 Å². The molecule has 0 N–H and O–H groups in total. The smallest absolute Gasteiger partial charge is 0.227 e. The van der Waals surface area contributed by atoms with E-state index < -0.39 is 0 Å². The van der Waals surface area contributed by atoms with E-state index >= 15 is 0 Å². The lowest BCUT2D eigenvalue weighted by Gasteiger charge is -2.12. The normalized spacial score (nSPS) is 11.6. The molecule has 0 bridgehead atoms. The molecule has 1 aromatic heterocycles. The molecule has 0 unspecified atom stereocenters. The predicted octanol–water partition coefficient (Wildman–Crippen LogP) is 10.3. The third-order valence-electron chi connectivity index (χ3n) is 7.72. The Hall–Kier alpha value is -5.21. The molecular formula is C37H23NO. The molecule has 8 aromatic rings. The average Bonchev–Trinajstić information content (AvgIpc) is 3.46. The summed E-state index contributed by atoms with van der Waals surface area (Å²) in [7, 11) is 0. The topological polar surface area (TPSA) is 26.0 Å². The summed E-state index contributed by atoms with van der Waals surface area (Å²) < 4.78 is 5.93. The molecule has 8 rings (SSSR count). The van der Waals surface area contributed by atoms with Crippen molar-refractivity contribution in [3.8, 4) is 33.7 Å². The van der Waals surface area contributed by atoms with Gasteiger partial charge in [-0.15, -0.1) is 0 Å². The average molecular weight is 498 g/mol. The second-order valence-electron chi connectivity index (χ2n) is 9.99. The highest BCUT2D eigenvalue weighted by atomic mass is 16.3. The maximum absolute atomic E-state index is 5.93.